The number of aromatic amines is 1. The molecule has 1 aromatic carbocycles. The molecule has 0 radical (unpaired) electrons. The van der Waals surface area contributed by atoms with Gasteiger partial charge in [0.15, 0.2) is 0 Å². The fourth-order valence-corrected chi connectivity index (χ4v) is 4.96. The summed E-state index contributed by atoms with van der Waals surface area (Å²) < 4.78 is 0. The first kappa shape index (κ1) is 21.3. The smallest absolute Gasteiger partial charge is 0.394 e. The molecule has 2 aromatic heterocycles. The molecule has 166 valence electrons. The van der Waals surface area contributed by atoms with Gasteiger partial charge in [0.25, 0.3) is 5.91 Å². The number of rotatable bonds is 5. The van der Waals surface area contributed by atoms with Gasteiger partial charge in [-0.1, -0.05) is 0 Å². The number of aromatic hydroxyl groups is 1. The number of carbonyl (C=O) groups excluding carboxylic acids is 2. The molecule has 0 saturated heterocycles. The molecular weight excluding hydrogens is 440 g/mol. The van der Waals surface area contributed by atoms with Gasteiger partial charge in [-0.15, -0.1) is 11.3 Å². The number of thiophene rings is 1. The van der Waals surface area contributed by atoms with Gasteiger partial charge < -0.3 is 36.3 Å². The first-order chi connectivity index (χ1) is 15.2. The molecule has 2 amide bonds. The summed E-state index contributed by atoms with van der Waals surface area (Å²) in [5.41, 5.74) is 1.36. The number of anilines is 1. The van der Waals surface area contributed by atoms with Gasteiger partial charge in [0.1, 0.15) is 16.4 Å². The lowest BCUT2D eigenvalue weighted by molar-refractivity contribution is -0.147. The molecule has 1 atom stereocenters. The Morgan fingerprint density at radius 1 is 1.16 bits per heavy atom. The van der Waals surface area contributed by atoms with Crippen molar-refractivity contribution in [3.63, 3.8) is 0 Å². The molecule has 1 aliphatic heterocycles. The van der Waals surface area contributed by atoms with Crippen LogP contribution in [-0.2, 0) is 16.0 Å². The van der Waals surface area contributed by atoms with Crippen LogP contribution in [0.4, 0.5) is 5.00 Å². The largest absolute Gasteiger partial charge is 0.508 e. The van der Waals surface area contributed by atoms with Gasteiger partial charge in [0, 0.05) is 22.3 Å². The van der Waals surface area contributed by atoms with Crippen LogP contribution in [0.2, 0.25) is 0 Å². The van der Waals surface area contributed by atoms with Gasteiger partial charge in [-0.05, 0) is 42.8 Å². The summed E-state index contributed by atoms with van der Waals surface area (Å²) >= 11 is 0.972. The summed E-state index contributed by atoms with van der Waals surface area (Å²) in [6.45, 7) is 0.584. The van der Waals surface area contributed by atoms with E-state index >= 15 is 0 Å². The number of aliphatic carboxylic acids is 1. The maximum absolute atomic E-state index is 12.6. The minimum Gasteiger partial charge on any atom is -0.508 e. The summed E-state index contributed by atoms with van der Waals surface area (Å²) in [6, 6.07) is 5.88. The summed E-state index contributed by atoms with van der Waals surface area (Å²) in [7, 11) is 0. The number of carboxylic acids is 2. The molecule has 0 aliphatic carbocycles. The first-order valence-electron chi connectivity index (χ1n) is 9.51. The highest BCUT2D eigenvalue weighted by atomic mass is 32.1. The van der Waals surface area contributed by atoms with Crippen molar-refractivity contribution in [2.45, 2.75) is 12.5 Å². The number of nitrogens with one attached hydrogen (secondary N) is 4. The van der Waals surface area contributed by atoms with Gasteiger partial charge in [-0.3, -0.25) is 9.59 Å². The van der Waals surface area contributed by atoms with Crippen LogP contribution in [0.3, 0.4) is 0 Å². The third kappa shape index (κ3) is 4.00. The molecular formula is C20H18N4O7S. The molecule has 7 N–H and O–H groups in total. The maximum atomic E-state index is 12.6. The highest BCUT2D eigenvalue weighted by molar-refractivity contribution is 7.17. The molecule has 12 heteroatoms. The zero-order valence-electron chi connectivity index (χ0n) is 16.4. The van der Waals surface area contributed by atoms with Crippen LogP contribution in [0.15, 0.2) is 24.3 Å². The zero-order chi connectivity index (χ0) is 23.0. The van der Waals surface area contributed by atoms with Crippen molar-refractivity contribution in [3.05, 3.63) is 46.0 Å². The third-order valence-electron chi connectivity index (χ3n) is 5.07. The Kier molecular flexibility index (Phi) is 5.55. The van der Waals surface area contributed by atoms with Crippen molar-refractivity contribution in [2.24, 2.45) is 0 Å². The van der Waals surface area contributed by atoms with Gasteiger partial charge in [0.2, 0.25) is 0 Å². The number of amides is 2. The quantitative estimate of drug-likeness (QED) is 0.279. The van der Waals surface area contributed by atoms with Crippen molar-refractivity contribution >= 4 is 51.0 Å². The van der Waals surface area contributed by atoms with Crippen molar-refractivity contribution in [2.75, 3.05) is 18.4 Å². The molecule has 4 rings (SSSR count). The molecule has 3 aromatic rings. The van der Waals surface area contributed by atoms with E-state index in [4.69, 9.17) is 5.11 Å². The summed E-state index contributed by atoms with van der Waals surface area (Å²) in [6.07, 6.45) is 0.381. The number of carbonyl (C=O) groups is 4. The maximum Gasteiger partial charge on any atom is 0.394 e. The third-order valence-corrected chi connectivity index (χ3v) is 6.33. The highest BCUT2D eigenvalue weighted by Crippen LogP contribution is 2.39. The molecule has 0 saturated carbocycles. The van der Waals surface area contributed by atoms with Gasteiger partial charge in [-0.25, -0.2) is 9.59 Å². The minimum absolute atomic E-state index is 0.0506. The number of fused-ring (bicyclic) bond motifs is 2. The Labute approximate surface area is 184 Å². The van der Waals surface area contributed by atoms with E-state index in [0.29, 0.717) is 40.0 Å². The van der Waals surface area contributed by atoms with E-state index in [-0.39, 0.29) is 28.8 Å². The molecule has 1 aliphatic rings. The second-order valence-corrected chi connectivity index (χ2v) is 8.19. The predicted molar refractivity (Wildman–Crippen MR) is 114 cm³/mol. The Hall–Kier alpha value is -3.90. The number of benzene rings is 1. The van der Waals surface area contributed by atoms with Crippen LogP contribution in [0.25, 0.3) is 10.9 Å². The van der Waals surface area contributed by atoms with Crippen LogP contribution in [-0.4, -0.2) is 57.1 Å². The second kappa shape index (κ2) is 8.32. The van der Waals surface area contributed by atoms with E-state index in [9.17, 15) is 29.4 Å². The lowest BCUT2D eigenvalue weighted by Gasteiger charge is -2.24. The topological polar surface area (TPSA) is 181 Å². The predicted octanol–water partition coefficient (Wildman–Crippen LogP) is 1.27. The van der Waals surface area contributed by atoms with Crippen LogP contribution in [0.5, 0.6) is 5.75 Å². The van der Waals surface area contributed by atoms with E-state index in [2.05, 4.69) is 20.9 Å². The van der Waals surface area contributed by atoms with E-state index in [1.54, 1.807) is 12.1 Å². The molecule has 11 nitrogen and oxygen atoms in total. The van der Waals surface area contributed by atoms with Gasteiger partial charge in [0.05, 0.1) is 11.6 Å². The molecule has 0 spiro atoms. The lowest BCUT2D eigenvalue weighted by atomic mass is 9.99. The number of hydrogen-bond acceptors (Lipinski definition) is 7. The SMILES string of the molecule is O=C(O)C(=O)Nc1sc2c(c1C(=O)O)CCN[C@@H]2CNC(=O)c1cc2cc(O)ccc2[nH]1. The Bertz CT molecular complexity index is 1260. The number of phenols is 1. The van der Waals surface area contributed by atoms with Crippen molar-refractivity contribution in [1.82, 2.24) is 15.6 Å². The highest BCUT2D eigenvalue weighted by Gasteiger charge is 2.31. The van der Waals surface area contributed by atoms with Crippen LogP contribution < -0.4 is 16.0 Å². The fraction of sp³-hybridized carbons (Fsp3) is 0.200. The number of H-pyrrole nitrogens is 1. The second-order valence-electron chi connectivity index (χ2n) is 7.13. The van der Waals surface area contributed by atoms with Crippen LogP contribution in [0.1, 0.15) is 37.3 Å². The Balaban J connectivity index is 1.54. The zero-order valence-corrected chi connectivity index (χ0v) is 17.2. The fourth-order valence-electron chi connectivity index (χ4n) is 3.64. The standard InChI is InChI=1S/C20H18N4O7S/c25-9-1-2-11-8(5-9)6-12(23-11)16(26)22-7-13-15-10(3-4-21-13)14(19(28)29)18(32-15)24-17(27)20(30)31/h1-2,5-6,13,21,23,25H,3-4,7H2,(H,22,26)(H,24,27)(H,28,29)(H,30,31)/t13-/m1/s1. The average molecular weight is 458 g/mol. The average Bonchev–Trinajstić information content (AvgIpc) is 3.32. The number of aromatic carboxylic acids is 1. The van der Waals surface area contributed by atoms with Crippen molar-refractivity contribution in [1.29, 1.82) is 0 Å². The summed E-state index contributed by atoms with van der Waals surface area (Å²) in [4.78, 5) is 50.4. The van der Waals surface area contributed by atoms with E-state index in [1.165, 1.54) is 12.1 Å². The van der Waals surface area contributed by atoms with Crippen molar-refractivity contribution < 1.29 is 34.5 Å². The van der Waals surface area contributed by atoms with Crippen LogP contribution in [0, 0.1) is 0 Å². The van der Waals surface area contributed by atoms with Gasteiger partial charge in [-0.2, -0.15) is 0 Å². The Morgan fingerprint density at radius 2 is 1.94 bits per heavy atom. The van der Waals surface area contributed by atoms with E-state index in [0.717, 1.165) is 11.3 Å². The molecule has 0 unspecified atom stereocenters. The number of hydrogen-bond donors (Lipinski definition) is 7. The number of carboxylic acid groups (broad SMARTS) is 2. The Morgan fingerprint density at radius 3 is 2.66 bits per heavy atom. The van der Waals surface area contributed by atoms with E-state index < -0.39 is 23.9 Å². The first-order valence-corrected chi connectivity index (χ1v) is 10.3. The number of aromatic nitrogens is 1. The number of phenolic OH excluding ortho intramolecular Hbond substituents is 1. The summed E-state index contributed by atoms with van der Waals surface area (Å²) in [5, 5.41) is 36.7. The lowest BCUT2D eigenvalue weighted by Crippen LogP contribution is -2.38. The molecule has 0 fully saturated rings. The molecule has 32 heavy (non-hydrogen) atoms. The monoisotopic (exact) mass is 458 g/mol. The van der Waals surface area contributed by atoms with Crippen molar-refractivity contribution in [3.8, 4) is 5.75 Å². The summed E-state index contributed by atoms with van der Waals surface area (Å²) in [5.74, 6) is -4.62. The minimum atomic E-state index is -1.72. The van der Waals surface area contributed by atoms with Crippen LogP contribution >= 0.6 is 11.3 Å². The molecule has 0 bridgehead atoms. The molecule has 3 heterocycles. The van der Waals surface area contributed by atoms with E-state index in [1.807, 2.05) is 0 Å². The van der Waals surface area contributed by atoms with Gasteiger partial charge >= 0.3 is 17.8 Å². The normalized spacial score (nSPS) is 15.2.